The van der Waals surface area contributed by atoms with Gasteiger partial charge in [-0.25, -0.2) is 4.79 Å². The van der Waals surface area contributed by atoms with Crippen LogP contribution in [0.15, 0.2) is 42.7 Å². The van der Waals surface area contributed by atoms with Crippen LogP contribution in [-0.4, -0.2) is 28.6 Å². The molecule has 2 aromatic rings. The molecule has 1 aliphatic heterocycles. The van der Waals surface area contributed by atoms with Gasteiger partial charge in [0.2, 0.25) is 0 Å². The van der Waals surface area contributed by atoms with E-state index in [2.05, 4.69) is 10.4 Å². The van der Waals surface area contributed by atoms with Gasteiger partial charge in [0.05, 0.1) is 24.5 Å². The molecule has 1 amide bonds. The van der Waals surface area contributed by atoms with Crippen molar-refractivity contribution in [3.05, 3.63) is 42.7 Å². The molecule has 6 heteroatoms. The number of carbonyl (C=O) groups excluding carboxylic acids is 1. The van der Waals surface area contributed by atoms with E-state index in [1.54, 1.807) is 29.2 Å². The number of amides is 1. The van der Waals surface area contributed by atoms with Gasteiger partial charge in [0.15, 0.2) is 0 Å². The Morgan fingerprint density at radius 2 is 2.29 bits per heavy atom. The Labute approximate surface area is 122 Å². The molecule has 6 nitrogen and oxygen atoms in total. The third kappa shape index (κ3) is 3.82. The average molecular weight is 287 g/mol. The predicted molar refractivity (Wildman–Crippen MR) is 77.3 cm³/mol. The Hall–Kier alpha value is -2.34. The van der Waals surface area contributed by atoms with Crippen LogP contribution in [0.2, 0.25) is 0 Å². The number of anilines is 1. The van der Waals surface area contributed by atoms with E-state index in [9.17, 15) is 4.79 Å². The number of carbonyl (C=O) groups is 1. The lowest BCUT2D eigenvalue weighted by atomic mass is 10.2. The van der Waals surface area contributed by atoms with E-state index in [0.29, 0.717) is 18.0 Å². The van der Waals surface area contributed by atoms with Crippen molar-refractivity contribution in [2.24, 2.45) is 0 Å². The zero-order valence-corrected chi connectivity index (χ0v) is 11.6. The first kappa shape index (κ1) is 13.6. The average Bonchev–Trinajstić information content (AvgIpc) is 3.13. The number of aromatic nitrogens is 2. The molecule has 0 aliphatic carbocycles. The van der Waals surface area contributed by atoms with Crippen LogP contribution >= 0.6 is 0 Å². The number of nitrogens with one attached hydrogen (secondary N) is 1. The third-order valence-electron chi connectivity index (χ3n) is 3.25. The van der Waals surface area contributed by atoms with E-state index < -0.39 is 6.09 Å². The van der Waals surface area contributed by atoms with Gasteiger partial charge in [0, 0.05) is 12.8 Å². The van der Waals surface area contributed by atoms with Crippen molar-refractivity contribution in [1.29, 1.82) is 0 Å². The molecule has 0 radical (unpaired) electrons. The van der Waals surface area contributed by atoms with Crippen LogP contribution in [0.3, 0.4) is 0 Å². The van der Waals surface area contributed by atoms with Gasteiger partial charge in [-0.2, -0.15) is 5.10 Å². The van der Waals surface area contributed by atoms with Crippen LogP contribution in [0.1, 0.15) is 12.8 Å². The summed E-state index contributed by atoms with van der Waals surface area (Å²) in [6.45, 7) is 1.52. The lowest BCUT2D eigenvalue weighted by Crippen LogP contribution is -2.17. The molecule has 1 aromatic carbocycles. The molecule has 1 aliphatic rings. The van der Waals surface area contributed by atoms with Gasteiger partial charge in [-0.05, 0) is 25.0 Å². The van der Waals surface area contributed by atoms with Gasteiger partial charge in [0.25, 0.3) is 0 Å². The Kier molecular flexibility index (Phi) is 4.16. The molecule has 1 saturated heterocycles. The molecule has 1 N–H and O–H groups in total. The molecule has 1 fully saturated rings. The van der Waals surface area contributed by atoms with Crippen molar-refractivity contribution < 1.29 is 14.3 Å². The fourth-order valence-corrected chi connectivity index (χ4v) is 2.26. The Bertz CT molecular complexity index is 591. The SMILES string of the molecule is O=C(Nc1cnn(CC2CCCO2)c1)Oc1ccccc1. The smallest absolute Gasteiger partial charge is 0.410 e. The van der Waals surface area contributed by atoms with Crippen LogP contribution < -0.4 is 10.1 Å². The van der Waals surface area contributed by atoms with Gasteiger partial charge in [-0.1, -0.05) is 18.2 Å². The molecule has 2 heterocycles. The first-order valence-corrected chi connectivity index (χ1v) is 6.97. The molecule has 3 rings (SSSR count). The van der Waals surface area contributed by atoms with Crippen LogP contribution in [-0.2, 0) is 11.3 Å². The lowest BCUT2D eigenvalue weighted by Gasteiger charge is -2.08. The minimum Gasteiger partial charge on any atom is -0.410 e. The van der Waals surface area contributed by atoms with Crippen molar-refractivity contribution in [3.8, 4) is 5.75 Å². The highest BCUT2D eigenvalue weighted by molar-refractivity contribution is 5.85. The van der Waals surface area contributed by atoms with Crippen LogP contribution in [0.5, 0.6) is 5.75 Å². The molecule has 1 atom stereocenters. The maximum atomic E-state index is 11.7. The van der Waals surface area contributed by atoms with Crippen LogP contribution in [0.25, 0.3) is 0 Å². The zero-order chi connectivity index (χ0) is 14.5. The van der Waals surface area contributed by atoms with Crippen molar-refractivity contribution in [2.75, 3.05) is 11.9 Å². The Morgan fingerprint density at radius 3 is 3.05 bits per heavy atom. The normalized spacial score (nSPS) is 17.6. The van der Waals surface area contributed by atoms with Crippen molar-refractivity contribution in [3.63, 3.8) is 0 Å². The second-order valence-electron chi connectivity index (χ2n) is 4.91. The molecule has 21 heavy (non-hydrogen) atoms. The number of para-hydroxylation sites is 1. The molecule has 0 bridgehead atoms. The summed E-state index contributed by atoms with van der Waals surface area (Å²) in [7, 11) is 0. The van der Waals surface area contributed by atoms with Crippen molar-refractivity contribution in [2.45, 2.75) is 25.5 Å². The van der Waals surface area contributed by atoms with Gasteiger partial charge in [-0.15, -0.1) is 0 Å². The van der Waals surface area contributed by atoms with E-state index in [4.69, 9.17) is 9.47 Å². The highest BCUT2D eigenvalue weighted by atomic mass is 16.6. The number of rotatable bonds is 4. The fourth-order valence-electron chi connectivity index (χ4n) is 2.26. The van der Waals surface area contributed by atoms with E-state index in [1.165, 1.54) is 0 Å². The summed E-state index contributed by atoms with van der Waals surface area (Å²) in [5, 5.41) is 6.86. The number of hydrogen-bond acceptors (Lipinski definition) is 4. The number of nitrogens with zero attached hydrogens (tertiary/aromatic N) is 2. The summed E-state index contributed by atoms with van der Waals surface area (Å²) in [6, 6.07) is 8.92. The van der Waals surface area contributed by atoms with Gasteiger partial charge in [-0.3, -0.25) is 10.00 Å². The van der Waals surface area contributed by atoms with Crippen LogP contribution in [0.4, 0.5) is 10.5 Å². The van der Waals surface area contributed by atoms with Gasteiger partial charge < -0.3 is 9.47 Å². The van der Waals surface area contributed by atoms with E-state index in [-0.39, 0.29) is 6.10 Å². The van der Waals surface area contributed by atoms with Crippen LogP contribution in [0, 0.1) is 0 Å². The summed E-state index contributed by atoms with van der Waals surface area (Å²) in [4.78, 5) is 11.7. The minimum atomic E-state index is -0.530. The largest absolute Gasteiger partial charge is 0.417 e. The minimum absolute atomic E-state index is 0.217. The predicted octanol–water partition coefficient (Wildman–Crippen LogP) is 2.67. The molecule has 110 valence electrons. The highest BCUT2D eigenvalue weighted by Crippen LogP contribution is 2.15. The maximum Gasteiger partial charge on any atom is 0.417 e. The third-order valence-corrected chi connectivity index (χ3v) is 3.25. The quantitative estimate of drug-likeness (QED) is 0.939. The lowest BCUT2D eigenvalue weighted by molar-refractivity contribution is 0.0940. The molecule has 0 spiro atoms. The van der Waals surface area contributed by atoms with E-state index in [1.807, 2.05) is 18.2 Å². The monoisotopic (exact) mass is 287 g/mol. The molecule has 1 aromatic heterocycles. The van der Waals surface area contributed by atoms with E-state index >= 15 is 0 Å². The summed E-state index contributed by atoms with van der Waals surface area (Å²) in [6.07, 6.45) is 5.21. The van der Waals surface area contributed by atoms with Gasteiger partial charge >= 0.3 is 6.09 Å². The topological polar surface area (TPSA) is 65.4 Å². The van der Waals surface area contributed by atoms with E-state index in [0.717, 1.165) is 19.4 Å². The first-order valence-electron chi connectivity index (χ1n) is 6.97. The summed E-state index contributed by atoms with van der Waals surface area (Å²) < 4.78 is 12.5. The fraction of sp³-hybridized carbons (Fsp3) is 0.333. The molecular weight excluding hydrogens is 270 g/mol. The first-order chi connectivity index (χ1) is 10.3. The summed E-state index contributed by atoms with van der Waals surface area (Å²) >= 11 is 0. The highest BCUT2D eigenvalue weighted by Gasteiger charge is 2.16. The standard InChI is InChI=1S/C15H17N3O3/c19-15(21-13-5-2-1-3-6-13)17-12-9-16-18(10-12)11-14-7-4-8-20-14/h1-3,5-6,9-10,14H,4,7-8,11H2,(H,17,19). The second kappa shape index (κ2) is 6.41. The summed E-state index contributed by atoms with van der Waals surface area (Å²) in [5.41, 5.74) is 0.605. The molecular formula is C15H17N3O3. The number of hydrogen-bond donors (Lipinski definition) is 1. The second-order valence-corrected chi connectivity index (χ2v) is 4.91. The maximum absolute atomic E-state index is 11.7. The summed E-state index contributed by atoms with van der Waals surface area (Å²) in [5.74, 6) is 0.502. The van der Waals surface area contributed by atoms with Crippen molar-refractivity contribution in [1.82, 2.24) is 9.78 Å². The Balaban J connectivity index is 1.53. The number of ether oxygens (including phenoxy) is 2. The molecule has 0 saturated carbocycles. The Morgan fingerprint density at radius 1 is 1.43 bits per heavy atom. The van der Waals surface area contributed by atoms with Gasteiger partial charge in [0.1, 0.15) is 5.75 Å². The number of benzene rings is 1. The molecule has 1 unspecified atom stereocenters. The van der Waals surface area contributed by atoms with Crippen molar-refractivity contribution >= 4 is 11.8 Å². The zero-order valence-electron chi connectivity index (χ0n) is 11.6.